The summed E-state index contributed by atoms with van der Waals surface area (Å²) in [5.74, 6) is -3.77. The molecule has 0 heterocycles. The molecular formula is C18H25NO6. The predicted molar refractivity (Wildman–Crippen MR) is 92.0 cm³/mol. The smallest absolute Gasteiger partial charge is 0.330 e. The van der Waals surface area contributed by atoms with Gasteiger partial charge in [0.05, 0.1) is 19.8 Å². The third kappa shape index (κ3) is 5.48. The molecule has 0 N–H and O–H groups in total. The van der Waals surface area contributed by atoms with Crippen LogP contribution in [0.25, 0.3) is 0 Å². The molecule has 0 fully saturated rings. The van der Waals surface area contributed by atoms with Gasteiger partial charge in [-0.05, 0) is 32.9 Å². The van der Waals surface area contributed by atoms with Crippen molar-refractivity contribution in [3.05, 3.63) is 30.3 Å². The van der Waals surface area contributed by atoms with Gasteiger partial charge in [0.2, 0.25) is 0 Å². The summed E-state index contributed by atoms with van der Waals surface area (Å²) in [4.78, 5) is 38.8. The number of hydrogen-bond donors (Lipinski definition) is 0. The monoisotopic (exact) mass is 351 g/mol. The van der Waals surface area contributed by atoms with Gasteiger partial charge < -0.3 is 19.1 Å². The number of esters is 3. The van der Waals surface area contributed by atoms with Crippen molar-refractivity contribution in [2.75, 3.05) is 31.8 Å². The SMILES string of the molecule is CCOC(=O)C(C(=O)OCC)C(C(=O)OCC)N(C)c1ccccc1. The molecule has 0 saturated heterocycles. The molecule has 0 bridgehead atoms. The lowest BCUT2D eigenvalue weighted by molar-refractivity contribution is -0.167. The van der Waals surface area contributed by atoms with Gasteiger partial charge in [-0.1, -0.05) is 18.2 Å². The summed E-state index contributed by atoms with van der Waals surface area (Å²) >= 11 is 0. The van der Waals surface area contributed by atoms with E-state index in [2.05, 4.69) is 0 Å². The zero-order chi connectivity index (χ0) is 18.8. The lowest BCUT2D eigenvalue weighted by atomic mass is 9.97. The molecule has 1 atom stereocenters. The van der Waals surface area contributed by atoms with Gasteiger partial charge in [0.15, 0.2) is 12.0 Å². The topological polar surface area (TPSA) is 82.1 Å². The number of carbonyl (C=O) groups is 3. The first-order chi connectivity index (χ1) is 12.0. The Hall–Kier alpha value is -2.57. The Morgan fingerprint density at radius 1 is 0.840 bits per heavy atom. The minimum Gasteiger partial charge on any atom is -0.465 e. The van der Waals surface area contributed by atoms with Gasteiger partial charge >= 0.3 is 17.9 Å². The van der Waals surface area contributed by atoms with E-state index < -0.39 is 29.9 Å². The van der Waals surface area contributed by atoms with Crippen molar-refractivity contribution in [3.63, 3.8) is 0 Å². The number of rotatable bonds is 9. The van der Waals surface area contributed by atoms with E-state index in [1.165, 1.54) is 4.90 Å². The number of ether oxygens (including phenoxy) is 3. The first-order valence-corrected chi connectivity index (χ1v) is 8.25. The van der Waals surface area contributed by atoms with Gasteiger partial charge in [-0.3, -0.25) is 9.59 Å². The van der Waals surface area contributed by atoms with Crippen LogP contribution in [0.3, 0.4) is 0 Å². The van der Waals surface area contributed by atoms with E-state index in [9.17, 15) is 14.4 Å². The van der Waals surface area contributed by atoms with Crippen molar-refractivity contribution in [1.82, 2.24) is 0 Å². The maximum absolute atomic E-state index is 12.5. The highest BCUT2D eigenvalue weighted by atomic mass is 16.6. The number of hydrogen-bond acceptors (Lipinski definition) is 7. The summed E-state index contributed by atoms with van der Waals surface area (Å²) in [6.45, 7) is 5.19. The predicted octanol–water partition coefficient (Wildman–Crippen LogP) is 1.80. The highest BCUT2D eigenvalue weighted by molar-refractivity contribution is 6.02. The summed E-state index contributed by atoms with van der Waals surface area (Å²) < 4.78 is 15.1. The molecule has 7 nitrogen and oxygen atoms in total. The number of nitrogens with zero attached hydrogens (tertiary/aromatic N) is 1. The number of benzene rings is 1. The quantitative estimate of drug-likeness (QED) is 0.381. The number of likely N-dealkylation sites (N-methyl/N-ethyl adjacent to an activating group) is 1. The number of anilines is 1. The van der Waals surface area contributed by atoms with Crippen LogP contribution in [0.5, 0.6) is 0 Å². The molecule has 1 aromatic rings. The Kier molecular flexibility index (Phi) is 8.46. The molecule has 0 radical (unpaired) electrons. The number of carbonyl (C=O) groups excluding carboxylic acids is 3. The van der Waals surface area contributed by atoms with Crippen LogP contribution in [0.2, 0.25) is 0 Å². The van der Waals surface area contributed by atoms with Crippen molar-refractivity contribution in [2.24, 2.45) is 5.92 Å². The van der Waals surface area contributed by atoms with E-state index in [4.69, 9.17) is 14.2 Å². The molecule has 0 saturated carbocycles. The Balaban J connectivity index is 3.30. The fourth-order valence-electron chi connectivity index (χ4n) is 2.39. The first kappa shape index (κ1) is 20.5. The second-order valence-corrected chi connectivity index (χ2v) is 5.13. The Morgan fingerprint density at radius 3 is 1.72 bits per heavy atom. The zero-order valence-electron chi connectivity index (χ0n) is 15.1. The Labute approximate surface area is 147 Å². The molecule has 7 heteroatoms. The van der Waals surface area contributed by atoms with Crippen LogP contribution in [0.15, 0.2) is 30.3 Å². The Morgan fingerprint density at radius 2 is 1.28 bits per heavy atom. The van der Waals surface area contributed by atoms with E-state index in [1.807, 2.05) is 6.07 Å². The van der Waals surface area contributed by atoms with Crippen LogP contribution < -0.4 is 4.90 Å². The van der Waals surface area contributed by atoms with Crippen LogP contribution >= 0.6 is 0 Å². The number of para-hydroxylation sites is 1. The summed E-state index contributed by atoms with van der Waals surface area (Å²) in [6, 6.07) is 7.74. The molecule has 138 valence electrons. The molecule has 0 amide bonds. The molecule has 0 aliphatic rings. The second-order valence-electron chi connectivity index (χ2n) is 5.13. The van der Waals surface area contributed by atoms with E-state index >= 15 is 0 Å². The van der Waals surface area contributed by atoms with Crippen LogP contribution in [-0.2, 0) is 28.6 Å². The Bertz CT molecular complexity index is 556. The maximum Gasteiger partial charge on any atom is 0.330 e. The molecular weight excluding hydrogens is 326 g/mol. The molecule has 25 heavy (non-hydrogen) atoms. The summed E-state index contributed by atoms with van der Waals surface area (Å²) in [7, 11) is 1.61. The van der Waals surface area contributed by atoms with E-state index in [0.717, 1.165) is 0 Å². The third-order valence-electron chi connectivity index (χ3n) is 3.51. The van der Waals surface area contributed by atoms with Gasteiger partial charge in [-0.25, -0.2) is 4.79 Å². The molecule has 1 aromatic carbocycles. The highest BCUT2D eigenvalue weighted by Gasteiger charge is 2.45. The van der Waals surface area contributed by atoms with Crippen molar-refractivity contribution < 1.29 is 28.6 Å². The average Bonchev–Trinajstić information content (AvgIpc) is 2.60. The largest absolute Gasteiger partial charge is 0.465 e. The second kappa shape index (κ2) is 10.3. The molecule has 1 unspecified atom stereocenters. The molecule has 0 spiro atoms. The van der Waals surface area contributed by atoms with Gasteiger partial charge in [0, 0.05) is 12.7 Å². The van der Waals surface area contributed by atoms with E-state index in [-0.39, 0.29) is 19.8 Å². The highest BCUT2D eigenvalue weighted by Crippen LogP contribution is 2.23. The van der Waals surface area contributed by atoms with Crippen LogP contribution in [0.1, 0.15) is 20.8 Å². The van der Waals surface area contributed by atoms with Gasteiger partial charge in [0.1, 0.15) is 0 Å². The van der Waals surface area contributed by atoms with Gasteiger partial charge in [-0.15, -0.1) is 0 Å². The molecule has 1 rings (SSSR count). The zero-order valence-corrected chi connectivity index (χ0v) is 15.1. The fourth-order valence-corrected chi connectivity index (χ4v) is 2.39. The summed E-state index contributed by atoms with van der Waals surface area (Å²) in [6.07, 6.45) is 0. The molecule has 0 aliphatic carbocycles. The van der Waals surface area contributed by atoms with Crippen molar-refractivity contribution >= 4 is 23.6 Å². The average molecular weight is 351 g/mol. The van der Waals surface area contributed by atoms with Crippen molar-refractivity contribution in [3.8, 4) is 0 Å². The van der Waals surface area contributed by atoms with Crippen LogP contribution in [-0.4, -0.2) is 50.8 Å². The summed E-state index contributed by atoms with van der Waals surface area (Å²) in [5, 5.41) is 0. The molecule has 0 aliphatic heterocycles. The maximum atomic E-state index is 12.5. The lowest BCUT2D eigenvalue weighted by Gasteiger charge is -2.31. The fraction of sp³-hybridized carbons (Fsp3) is 0.500. The first-order valence-electron chi connectivity index (χ1n) is 8.25. The normalized spacial score (nSPS) is 11.6. The van der Waals surface area contributed by atoms with Gasteiger partial charge in [0.25, 0.3) is 0 Å². The third-order valence-corrected chi connectivity index (χ3v) is 3.51. The minimum absolute atomic E-state index is 0.0827. The standard InChI is InChI=1S/C18H25NO6/c1-5-23-16(20)14(17(21)24-6-2)15(18(22)25-7-3)19(4)13-11-9-8-10-12-13/h8-12,14-15H,5-7H2,1-4H3. The minimum atomic E-state index is -1.44. The van der Waals surface area contributed by atoms with E-state index in [1.54, 1.807) is 52.1 Å². The van der Waals surface area contributed by atoms with E-state index in [0.29, 0.717) is 5.69 Å². The van der Waals surface area contributed by atoms with Gasteiger partial charge in [-0.2, -0.15) is 0 Å². The molecule has 0 aromatic heterocycles. The lowest BCUT2D eigenvalue weighted by Crippen LogP contribution is -2.52. The van der Waals surface area contributed by atoms with Crippen LogP contribution in [0, 0.1) is 5.92 Å². The van der Waals surface area contributed by atoms with Crippen LogP contribution in [0.4, 0.5) is 5.69 Å². The van der Waals surface area contributed by atoms with Crippen molar-refractivity contribution in [1.29, 1.82) is 0 Å². The summed E-state index contributed by atoms with van der Waals surface area (Å²) in [5.41, 5.74) is 0.652. The van der Waals surface area contributed by atoms with Crippen molar-refractivity contribution in [2.45, 2.75) is 26.8 Å².